The van der Waals surface area contributed by atoms with Crippen molar-refractivity contribution in [1.29, 1.82) is 0 Å². The molecule has 1 nitrogen and oxygen atoms in total. The van der Waals surface area contributed by atoms with Gasteiger partial charge in [-0.15, -0.1) is 0 Å². The standard InChI is InChI=1S/C15H31N/c1-5-9-16-11-14-8-7-13(6-2)10-15(14)12(3)4/h12-16H,5-11H2,1-4H3. The van der Waals surface area contributed by atoms with E-state index in [1.165, 1.54) is 45.2 Å². The topological polar surface area (TPSA) is 12.0 Å². The molecule has 1 aliphatic carbocycles. The Hall–Kier alpha value is -0.0400. The average molecular weight is 225 g/mol. The van der Waals surface area contributed by atoms with Crippen molar-refractivity contribution in [1.82, 2.24) is 5.32 Å². The molecule has 0 spiro atoms. The van der Waals surface area contributed by atoms with Crippen molar-refractivity contribution >= 4 is 0 Å². The van der Waals surface area contributed by atoms with E-state index in [4.69, 9.17) is 0 Å². The van der Waals surface area contributed by atoms with Crippen LogP contribution in [0.4, 0.5) is 0 Å². The lowest BCUT2D eigenvalue weighted by molar-refractivity contribution is 0.131. The Morgan fingerprint density at radius 3 is 2.50 bits per heavy atom. The van der Waals surface area contributed by atoms with Crippen LogP contribution in [0.3, 0.4) is 0 Å². The molecule has 0 aromatic heterocycles. The van der Waals surface area contributed by atoms with Gasteiger partial charge < -0.3 is 5.32 Å². The van der Waals surface area contributed by atoms with E-state index >= 15 is 0 Å². The third-order valence-corrected chi connectivity index (χ3v) is 4.42. The molecule has 1 aliphatic rings. The molecule has 0 bridgehead atoms. The molecule has 1 heteroatoms. The fraction of sp³-hybridized carbons (Fsp3) is 1.00. The molecule has 0 aromatic carbocycles. The summed E-state index contributed by atoms with van der Waals surface area (Å²) in [4.78, 5) is 0. The van der Waals surface area contributed by atoms with Gasteiger partial charge in [0.15, 0.2) is 0 Å². The summed E-state index contributed by atoms with van der Waals surface area (Å²) in [6, 6.07) is 0. The van der Waals surface area contributed by atoms with Gasteiger partial charge in [-0.2, -0.15) is 0 Å². The SMILES string of the molecule is CCCNCC1CCC(CC)CC1C(C)C. The lowest BCUT2D eigenvalue weighted by atomic mass is 9.69. The first kappa shape index (κ1) is 14.0. The van der Waals surface area contributed by atoms with Crippen molar-refractivity contribution in [2.24, 2.45) is 23.7 Å². The molecular weight excluding hydrogens is 194 g/mol. The van der Waals surface area contributed by atoms with Crippen LogP contribution in [0.15, 0.2) is 0 Å². The third-order valence-electron chi connectivity index (χ3n) is 4.42. The van der Waals surface area contributed by atoms with Crippen molar-refractivity contribution in [3.63, 3.8) is 0 Å². The van der Waals surface area contributed by atoms with Crippen LogP contribution < -0.4 is 5.32 Å². The molecule has 16 heavy (non-hydrogen) atoms. The van der Waals surface area contributed by atoms with Gasteiger partial charge in [-0.25, -0.2) is 0 Å². The zero-order chi connectivity index (χ0) is 12.0. The van der Waals surface area contributed by atoms with E-state index in [2.05, 4.69) is 33.0 Å². The first-order valence-corrected chi connectivity index (χ1v) is 7.39. The van der Waals surface area contributed by atoms with E-state index in [9.17, 15) is 0 Å². The second-order valence-electron chi connectivity index (χ2n) is 5.96. The lowest BCUT2D eigenvalue weighted by Gasteiger charge is -2.38. The largest absolute Gasteiger partial charge is 0.316 e. The van der Waals surface area contributed by atoms with E-state index < -0.39 is 0 Å². The maximum absolute atomic E-state index is 3.62. The fourth-order valence-corrected chi connectivity index (χ4v) is 3.26. The fourth-order valence-electron chi connectivity index (χ4n) is 3.26. The Kier molecular flexibility index (Phi) is 6.41. The monoisotopic (exact) mass is 225 g/mol. The Balaban J connectivity index is 2.41. The van der Waals surface area contributed by atoms with Gasteiger partial charge in [-0.05, 0) is 56.0 Å². The minimum atomic E-state index is 0.864. The number of hydrogen-bond acceptors (Lipinski definition) is 1. The van der Waals surface area contributed by atoms with Gasteiger partial charge in [0.05, 0.1) is 0 Å². The molecule has 1 rings (SSSR count). The van der Waals surface area contributed by atoms with Crippen LogP contribution in [0.5, 0.6) is 0 Å². The van der Waals surface area contributed by atoms with E-state index in [1.54, 1.807) is 0 Å². The Bertz CT molecular complexity index is 174. The molecular formula is C15H31N. The first-order valence-electron chi connectivity index (χ1n) is 7.39. The zero-order valence-electron chi connectivity index (χ0n) is 11.8. The van der Waals surface area contributed by atoms with Crippen LogP contribution in [0.2, 0.25) is 0 Å². The third kappa shape index (κ3) is 4.08. The molecule has 0 aliphatic heterocycles. The molecule has 0 radical (unpaired) electrons. The van der Waals surface area contributed by atoms with Gasteiger partial charge >= 0.3 is 0 Å². The molecule has 0 saturated heterocycles. The minimum Gasteiger partial charge on any atom is -0.316 e. The Morgan fingerprint density at radius 1 is 1.19 bits per heavy atom. The van der Waals surface area contributed by atoms with Gasteiger partial charge in [0.25, 0.3) is 0 Å². The van der Waals surface area contributed by atoms with E-state index in [-0.39, 0.29) is 0 Å². The minimum absolute atomic E-state index is 0.864. The first-order chi connectivity index (χ1) is 7.69. The molecule has 3 unspecified atom stereocenters. The second kappa shape index (κ2) is 7.32. The molecule has 0 heterocycles. The summed E-state index contributed by atoms with van der Waals surface area (Å²) in [7, 11) is 0. The molecule has 1 saturated carbocycles. The summed E-state index contributed by atoms with van der Waals surface area (Å²) >= 11 is 0. The highest BCUT2D eigenvalue weighted by Crippen LogP contribution is 2.39. The van der Waals surface area contributed by atoms with Crippen molar-refractivity contribution in [3.8, 4) is 0 Å². The van der Waals surface area contributed by atoms with Crippen LogP contribution >= 0.6 is 0 Å². The van der Waals surface area contributed by atoms with Crippen molar-refractivity contribution < 1.29 is 0 Å². The van der Waals surface area contributed by atoms with Crippen molar-refractivity contribution in [2.75, 3.05) is 13.1 Å². The summed E-state index contributed by atoms with van der Waals surface area (Å²) in [5.41, 5.74) is 0. The van der Waals surface area contributed by atoms with Crippen LogP contribution in [0, 0.1) is 23.7 Å². The van der Waals surface area contributed by atoms with Crippen molar-refractivity contribution in [2.45, 2.75) is 59.8 Å². The molecule has 0 amide bonds. The van der Waals surface area contributed by atoms with E-state index in [0.29, 0.717) is 0 Å². The maximum Gasteiger partial charge on any atom is -0.00178 e. The van der Waals surface area contributed by atoms with Crippen LogP contribution in [-0.4, -0.2) is 13.1 Å². The van der Waals surface area contributed by atoms with E-state index in [0.717, 1.165) is 23.7 Å². The maximum atomic E-state index is 3.62. The molecule has 0 aromatic rings. The zero-order valence-corrected chi connectivity index (χ0v) is 11.8. The average Bonchev–Trinajstić information content (AvgIpc) is 2.29. The van der Waals surface area contributed by atoms with Gasteiger partial charge in [0.1, 0.15) is 0 Å². The second-order valence-corrected chi connectivity index (χ2v) is 5.96. The molecule has 1 fully saturated rings. The Morgan fingerprint density at radius 2 is 1.94 bits per heavy atom. The summed E-state index contributed by atoms with van der Waals surface area (Å²) in [5, 5.41) is 3.62. The summed E-state index contributed by atoms with van der Waals surface area (Å²) in [6.45, 7) is 11.9. The highest BCUT2D eigenvalue weighted by atomic mass is 14.9. The summed E-state index contributed by atoms with van der Waals surface area (Å²) in [5.74, 6) is 3.77. The highest BCUT2D eigenvalue weighted by Gasteiger charge is 2.31. The van der Waals surface area contributed by atoms with E-state index in [1.807, 2.05) is 0 Å². The molecule has 3 atom stereocenters. The summed E-state index contributed by atoms with van der Waals surface area (Å²) < 4.78 is 0. The smallest absolute Gasteiger partial charge is 0.00178 e. The quantitative estimate of drug-likeness (QED) is 0.672. The molecule has 96 valence electrons. The number of nitrogens with one attached hydrogen (secondary N) is 1. The van der Waals surface area contributed by atoms with Crippen molar-refractivity contribution in [3.05, 3.63) is 0 Å². The van der Waals surface area contributed by atoms with Crippen LogP contribution in [-0.2, 0) is 0 Å². The summed E-state index contributed by atoms with van der Waals surface area (Å²) in [6.07, 6.45) is 7.05. The normalized spacial score (nSPS) is 30.9. The predicted molar refractivity (Wildman–Crippen MR) is 72.6 cm³/mol. The van der Waals surface area contributed by atoms with Gasteiger partial charge in [0, 0.05) is 0 Å². The molecule has 1 N–H and O–H groups in total. The van der Waals surface area contributed by atoms with Gasteiger partial charge in [-0.3, -0.25) is 0 Å². The van der Waals surface area contributed by atoms with Crippen LogP contribution in [0.1, 0.15) is 59.8 Å². The highest BCUT2D eigenvalue weighted by molar-refractivity contribution is 4.82. The number of hydrogen-bond donors (Lipinski definition) is 1. The van der Waals surface area contributed by atoms with Gasteiger partial charge in [-0.1, -0.05) is 40.5 Å². The predicted octanol–water partition coefficient (Wildman–Crippen LogP) is 4.08. The number of rotatable bonds is 6. The van der Waals surface area contributed by atoms with Gasteiger partial charge in [0.2, 0.25) is 0 Å². The Labute approximate surface area is 102 Å². The lowest BCUT2D eigenvalue weighted by Crippen LogP contribution is -2.35. The van der Waals surface area contributed by atoms with Crippen LogP contribution in [0.25, 0.3) is 0 Å².